The van der Waals surface area contributed by atoms with Crippen molar-refractivity contribution in [3.05, 3.63) is 28.8 Å². The van der Waals surface area contributed by atoms with Crippen LogP contribution in [0.3, 0.4) is 0 Å². The lowest BCUT2D eigenvalue weighted by Gasteiger charge is -2.23. The van der Waals surface area contributed by atoms with Crippen LogP contribution < -0.4 is 4.74 Å². The minimum Gasteiger partial charge on any atom is -0.496 e. The van der Waals surface area contributed by atoms with E-state index in [2.05, 4.69) is 6.07 Å². The zero-order chi connectivity index (χ0) is 12.4. The second-order valence-corrected chi connectivity index (χ2v) is 4.59. The Hall–Kier alpha value is -1.51. The van der Waals surface area contributed by atoms with Crippen LogP contribution in [0.5, 0.6) is 5.75 Å². The van der Waals surface area contributed by atoms with Gasteiger partial charge in [-0.3, -0.25) is 4.79 Å². The lowest BCUT2D eigenvalue weighted by molar-refractivity contribution is -0.138. The van der Waals surface area contributed by atoms with Gasteiger partial charge in [0, 0.05) is 5.56 Å². The van der Waals surface area contributed by atoms with Crippen molar-refractivity contribution in [3.8, 4) is 5.75 Å². The normalized spacial score (nSPS) is 16.1. The Labute approximate surface area is 101 Å². The maximum absolute atomic E-state index is 11.2. The summed E-state index contributed by atoms with van der Waals surface area (Å²) in [5.41, 5.74) is 3.36. The fourth-order valence-corrected chi connectivity index (χ4v) is 2.61. The predicted octanol–water partition coefficient (Wildman–Crippen LogP) is 2.76. The van der Waals surface area contributed by atoms with Crippen LogP contribution in [0.4, 0.5) is 0 Å². The smallest absolute Gasteiger partial charge is 0.310 e. The van der Waals surface area contributed by atoms with Crippen molar-refractivity contribution < 1.29 is 14.6 Å². The third-order valence-electron chi connectivity index (χ3n) is 3.56. The first-order chi connectivity index (χ1) is 8.15. The number of aliphatic carboxylic acids is 1. The summed E-state index contributed by atoms with van der Waals surface area (Å²) >= 11 is 0. The van der Waals surface area contributed by atoms with Gasteiger partial charge >= 0.3 is 5.97 Å². The molecule has 1 aromatic carbocycles. The molecule has 0 radical (unpaired) electrons. The van der Waals surface area contributed by atoms with E-state index in [1.165, 1.54) is 17.5 Å². The molecule has 17 heavy (non-hydrogen) atoms. The number of carboxylic acids is 1. The maximum atomic E-state index is 11.2. The molecule has 0 aromatic heterocycles. The number of hydrogen-bond acceptors (Lipinski definition) is 2. The average molecular weight is 234 g/mol. The molecule has 0 heterocycles. The summed E-state index contributed by atoms with van der Waals surface area (Å²) in [6.45, 7) is 1.73. The summed E-state index contributed by atoms with van der Waals surface area (Å²) in [5, 5.41) is 9.20. The molecule has 0 fully saturated rings. The van der Waals surface area contributed by atoms with Crippen molar-refractivity contribution in [2.75, 3.05) is 7.11 Å². The fraction of sp³-hybridized carbons (Fsp3) is 0.500. The van der Waals surface area contributed by atoms with Gasteiger partial charge in [0.15, 0.2) is 0 Å². The van der Waals surface area contributed by atoms with E-state index in [9.17, 15) is 9.90 Å². The number of methoxy groups -OCH3 is 1. The highest BCUT2D eigenvalue weighted by molar-refractivity contribution is 5.77. The Kier molecular flexibility index (Phi) is 3.36. The van der Waals surface area contributed by atoms with Crippen LogP contribution in [0.15, 0.2) is 12.1 Å². The molecule has 3 heteroatoms. The van der Waals surface area contributed by atoms with Gasteiger partial charge in [-0.05, 0) is 49.8 Å². The van der Waals surface area contributed by atoms with Gasteiger partial charge in [-0.25, -0.2) is 0 Å². The van der Waals surface area contributed by atoms with Crippen LogP contribution in [0.25, 0.3) is 0 Å². The van der Waals surface area contributed by atoms with Gasteiger partial charge in [0.25, 0.3) is 0 Å². The maximum Gasteiger partial charge on any atom is 0.310 e. The molecule has 0 amide bonds. The summed E-state index contributed by atoms with van der Waals surface area (Å²) in [6, 6.07) is 3.98. The Morgan fingerprint density at radius 2 is 2.06 bits per heavy atom. The van der Waals surface area contributed by atoms with Gasteiger partial charge in [-0.15, -0.1) is 0 Å². The van der Waals surface area contributed by atoms with E-state index in [0.717, 1.165) is 24.8 Å². The van der Waals surface area contributed by atoms with Crippen LogP contribution >= 0.6 is 0 Å². The second-order valence-electron chi connectivity index (χ2n) is 4.59. The molecule has 0 bridgehead atoms. The first-order valence-corrected chi connectivity index (χ1v) is 6.06. The molecule has 0 saturated heterocycles. The SMILES string of the molecule is COc1ccc2c(c1C(C)C(=O)O)CCCC2. The Morgan fingerprint density at radius 3 is 2.71 bits per heavy atom. The monoisotopic (exact) mass is 234 g/mol. The Bertz CT molecular complexity index is 437. The number of aryl methyl sites for hydroxylation is 1. The number of rotatable bonds is 3. The lowest BCUT2D eigenvalue weighted by Crippen LogP contribution is -2.15. The molecule has 1 aliphatic carbocycles. The van der Waals surface area contributed by atoms with E-state index in [1.807, 2.05) is 6.07 Å². The number of fused-ring (bicyclic) bond motifs is 1. The van der Waals surface area contributed by atoms with E-state index >= 15 is 0 Å². The van der Waals surface area contributed by atoms with Gasteiger partial charge < -0.3 is 9.84 Å². The number of carboxylic acid groups (broad SMARTS) is 1. The third-order valence-corrected chi connectivity index (χ3v) is 3.56. The summed E-state index contributed by atoms with van der Waals surface area (Å²) < 4.78 is 5.32. The molecular formula is C14H18O3. The van der Waals surface area contributed by atoms with Crippen LogP contribution in [-0.2, 0) is 17.6 Å². The highest BCUT2D eigenvalue weighted by Gasteiger charge is 2.25. The molecule has 0 spiro atoms. The van der Waals surface area contributed by atoms with Crippen LogP contribution in [0.2, 0.25) is 0 Å². The first kappa shape index (κ1) is 12.0. The second kappa shape index (κ2) is 4.78. The molecule has 1 aromatic rings. The van der Waals surface area contributed by atoms with Gasteiger partial charge in [-0.2, -0.15) is 0 Å². The minimum absolute atomic E-state index is 0.502. The van der Waals surface area contributed by atoms with Gasteiger partial charge in [0.2, 0.25) is 0 Å². The summed E-state index contributed by atoms with van der Waals surface area (Å²) in [6.07, 6.45) is 4.36. The van der Waals surface area contributed by atoms with Crippen molar-refractivity contribution in [1.29, 1.82) is 0 Å². The van der Waals surface area contributed by atoms with E-state index in [4.69, 9.17) is 4.74 Å². The third kappa shape index (κ3) is 2.14. The molecule has 92 valence electrons. The molecule has 1 atom stereocenters. The number of benzene rings is 1. The molecule has 1 N–H and O–H groups in total. The number of ether oxygens (including phenoxy) is 1. The number of carbonyl (C=O) groups is 1. The van der Waals surface area contributed by atoms with Crippen LogP contribution in [0.1, 0.15) is 42.4 Å². The van der Waals surface area contributed by atoms with Crippen molar-refractivity contribution in [2.45, 2.75) is 38.5 Å². The average Bonchev–Trinajstić information content (AvgIpc) is 2.36. The van der Waals surface area contributed by atoms with Gasteiger partial charge in [-0.1, -0.05) is 6.07 Å². The zero-order valence-corrected chi connectivity index (χ0v) is 10.3. The van der Waals surface area contributed by atoms with Crippen molar-refractivity contribution in [3.63, 3.8) is 0 Å². The van der Waals surface area contributed by atoms with Crippen LogP contribution in [-0.4, -0.2) is 18.2 Å². The standard InChI is InChI=1S/C14H18O3/c1-9(14(15)16)13-11-6-4-3-5-10(11)7-8-12(13)17-2/h7-9H,3-6H2,1-2H3,(H,15,16). The summed E-state index contributed by atoms with van der Waals surface area (Å²) in [7, 11) is 1.60. The predicted molar refractivity (Wildman–Crippen MR) is 65.7 cm³/mol. The highest BCUT2D eigenvalue weighted by atomic mass is 16.5. The molecule has 2 rings (SSSR count). The van der Waals surface area contributed by atoms with E-state index < -0.39 is 11.9 Å². The Balaban J connectivity index is 2.55. The molecule has 1 aliphatic rings. The van der Waals surface area contributed by atoms with Gasteiger partial charge in [0.1, 0.15) is 5.75 Å². The highest BCUT2D eigenvalue weighted by Crippen LogP contribution is 2.36. The van der Waals surface area contributed by atoms with Crippen LogP contribution in [0, 0.1) is 0 Å². The number of hydrogen-bond donors (Lipinski definition) is 1. The van der Waals surface area contributed by atoms with E-state index in [0.29, 0.717) is 5.75 Å². The van der Waals surface area contributed by atoms with Gasteiger partial charge in [0.05, 0.1) is 13.0 Å². The lowest BCUT2D eigenvalue weighted by atomic mass is 9.83. The van der Waals surface area contributed by atoms with Crippen molar-refractivity contribution >= 4 is 5.97 Å². The summed E-state index contributed by atoms with van der Waals surface area (Å²) in [4.78, 5) is 11.2. The molecule has 1 unspecified atom stereocenters. The first-order valence-electron chi connectivity index (χ1n) is 6.06. The molecule has 3 nitrogen and oxygen atoms in total. The molecule has 0 aliphatic heterocycles. The molecular weight excluding hydrogens is 216 g/mol. The van der Waals surface area contributed by atoms with Crippen molar-refractivity contribution in [1.82, 2.24) is 0 Å². The molecule has 0 saturated carbocycles. The quantitative estimate of drug-likeness (QED) is 0.874. The minimum atomic E-state index is -0.790. The van der Waals surface area contributed by atoms with E-state index in [-0.39, 0.29) is 0 Å². The largest absolute Gasteiger partial charge is 0.496 e. The summed E-state index contributed by atoms with van der Waals surface area (Å²) in [5.74, 6) is -0.583. The zero-order valence-electron chi connectivity index (χ0n) is 10.3. The fourth-order valence-electron chi connectivity index (χ4n) is 2.61. The van der Waals surface area contributed by atoms with Crippen molar-refractivity contribution in [2.24, 2.45) is 0 Å². The van der Waals surface area contributed by atoms with E-state index in [1.54, 1.807) is 14.0 Å². The Morgan fingerprint density at radius 1 is 1.35 bits per heavy atom. The topological polar surface area (TPSA) is 46.5 Å².